The number of amides is 2. The predicted octanol–water partition coefficient (Wildman–Crippen LogP) is -0.858. The minimum absolute atomic E-state index is 0.0151. The number of hydrogen-bond acceptors (Lipinski definition) is 2. The molecule has 0 spiro atoms. The van der Waals surface area contributed by atoms with Gasteiger partial charge in [0.1, 0.15) is 0 Å². The minimum Gasteiger partial charge on any atom is -0.481 e. The van der Waals surface area contributed by atoms with E-state index in [1.807, 2.05) is 0 Å². The van der Waals surface area contributed by atoms with Gasteiger partial charge in [0, 0.05) is 6.54 Å². The van der Waals surface area contributed by atoms with E-state index in [4.69, 9.17) is 5.11 Å². The van der Waals surface area contributed by atoms with Crippen LogP contribution in [0.25, 0.3) is 0 Å². The molecule has 2 amide bonds. The number of carbonyl (C=O) groups is 2. The Morgan fingerprint density at radius 3 is 2.90 bits per heavy atom. The first kappa shape index (κ1) is 6.85. The van der Waals surface area contributed by atoms with E-state index in [1.165, 1.54) is 0 Å². The maximum Gasteiger partial charge on any atom is 0.315 e. The third-order valence-corrected chi connectivity index (χ3v) is 1.27. The fourth-order valence-electron chi connectivity index (χ4n) is 0.837. The lowest BCUT2D eigenvalue weighted by Gasteiger charge is -2.01. The topological polar surface area (TPSA) is 78.4 Å². The SMILES string of the molecule is O=C(O)C[C@H]1CNC(=O)N1. The van der Waals surface area contributed by atoms with Crippen LogP contribution in [0.2, 0.25) is 0 Å². The summed E-state index contributed by atoms with van der Waals surface area (Å²) in [7, 11) is 0. The normalized spacial score (nSPS) is 23.6. The number of urea groups is 1. The molecule has 3 N–H and O–H groups in total. The average molecular weight is 144 g/mol. The molecule has 1 rings (SSSR count). The van der Waals surface area contributed by atoms with E-state index in [-0.39, 0.29) is 18.5 Å². The number of hydrogen-bond donors (Lipinski definition) is 3. The van der Waals surface area contributed by atoms with Crippen LogP contribution < -0.4 is 10.6 Å². The number of carbonyl (C=O) groups excluding carboxylic acids is 1. The fourth-order valence-corrected chi connectivity index (χ4v) is 0.837. The molecule has 1 heterocycles. The predicted molar refractivity (Wildman–Crippen MR) is 32.6 cm³/mol. The summed E-state index contributed by atoms with van der Waals surface area (Å²) in [6, 6.07) is -0.531. The Morgan fingerprint density at radius 1 is 1.80 bits per heavy atom. The second-order valence-corrected chi connectivity index (χ2v) is 2.15. The Kier molecular flexibility index (Phi) is 1.75. The van der Waals surface area contributed by atoms with Crippen LogP contribution in [0.15, 0.2) is 0 Å². The molecule has 0 aromatic rings. The van der Waals surface area contributed by atoms with Gasteiger partial charge in [0.25, 0.3) is 0 Å². The van der Waals surface area contributed by atoms with Gasteiger partial charge in [-0.3, -0.25) is 4.79 Å². The Bertz CT molecular complexity index is 168. The number of carboxylic acids is 1. The standard InChI is InChI=1S/C5H8N2O3/c8-4(9)1-3-2-6-5(10)7-3/h3H,1-2H2,(H,8,9)(H2,6,7,10)/t3-/m0/s1. The van der Waals surface area contributed by atoms with Crippen molar-refractivity contribution in [2.45, 2.75) is 12.5 Å². The number of carboxylic acid groups (broad SMARTS) is 1. The largest absolute Gasteiger partial charge is 0.481 e. The number of aliphatic carboxylic acids is 1. The van der Waals surface area contributed by atoms with E-state index in [0.29, 0.717) is 6.54 Å². The monoisotopic (exact) mass is 144 g/mol. The van der Waals surface area contributed by atoms with Crippen molar-refractivity contribution >= 4 is 12.0 Å². The van der Waals surface area contributed by atoms with Crippen molar-refractivity contribution in [2.24, 2.45) is 0 Å². The van der Waals surface area contributed by atoms with Gasteiger partial charge < -0.3 is 15.7 Å². The number of rotatable bonds is 2. The first-order valence-electron chi connectivity index (χ1n) is 2.94. The van der Waals surface area contributed by atoms with E-state index in [0.717, 1.165) is 0 Å². The summed E-state index contributed by atoms with van der Waals surface area (Å²) < 4.78 is 0. The molecule has 1 saturated heterocycles. The second-order valence-electron chi connectivity index (χ2n) is 2.15. The smallest absolute Gasteiger partial charge is 0.315 e. The van der Waals surface area contributed by atoms with Gasteiger partial charge in [-0.15, -0.1) is 0 Å². The molecule has 1 aliphatic heterocycles. The molecule has 10 heavy (non-hydrogen) atoms. The second kappa shape index (κ2) is 2.55. The summed E-state index contributed by atoms with van der Waals surface area (Å²) in [6.07, 6.45) is -0.0151. The van der Waals surface area contributed by atoms with Crippen LogP contribution in [0.4, 0.5) is 4.79 Å². The van der Waals surface area contributed by atoms with Gasteiger partial charge in [0.2, 0.25) is 0 Å². The van der Waals surface area contributed by atoms with Gasteiger partial charge >= 0.3 is 12.0 Å². The van der Waals surface area contributed by atoms with Gasteiger partial charge in [-0.25, -0.2) is 4.79 Å². The zero-order chi connectivity index (χ0) is 7.56. The van der Waals surface area contributed by atoms with Gasteiger partial charge in [-0.2, -0.15) is 0 Å². The van der Waals surface area contributed by atoms with Gasteiger partial charge in [0.05, 0.1) is 12.5 Å². The third kappa shape index (κ3) is 1.61. The Morgan fingerprint density at radius 2 is 2.50 bits per heavy atom. The first-order chi connectivity index (χ1) is 4.68. The highest BCUT2D eigenvalue weighted by Gasteiger charge is 2.21. The molecule has 0 bridgehead atoms. The lowest BCUT2D eigenvalue weighted by Crippen LogP contribution is -2.28. The van der Waals surface area contributed by atoms with Crippen molar-refractivity contribution < 1.29 is 14.7 Å². The maximum absolute atomic E-state index is 10.4. The summed E-state index contributed by atoms with van der Waals surface area (Å²) in [4.78, 5) is 20.5. The van der Waals surface area contributed by atoms with Crippen LogP contribution in [0.3, 0.4) is 0 Å². The zero-order valence-corrected chi connectivity index (χ0v) is 5.26. The molecule has 0 aromatic heterocycles. The summed E-state index contributed by atoms with van der Waals surface area (Å²) in [5, 5.41) is 13.2. The molecular weight excluding hydrogens is 136 g/mol. The summed E-state index contributed by atoms with van der Waals surface area (Å²) in [5.41, 5.74) is 0. The maximum atomic E-state index is 10.4. The third-order valence-electron chi connectivity index (χ3n) is 1.27. The van der Waals surface area contributed by atoms with Crippen LogP contribution in [0.1, 0.15) is 6.42 Å². The molecule has 56 valence electrons. The Labute approximate surface area is 57.4 Å². The van der Waals surface area contributed by atoms with Gasteiger partial charge in [-0.1, -0.05) is 0 Å². The molecule has 1 fully saturated rings. The van der Waals surface area contributed by atoms with Crippen molar-refractivity contribution in [1.82, 2.24) is 10.6 Å². The molecule has 1 atom stereocenters. The van der Waals surface area contributed by atoms with Crippen molar-refractivity contribution in [2.75, 3.05) is 6.54 Å². The fraction of sp³-hybridized carbons (Fsp3) is 0.600. The van der Waals surface area contributed by atoms with E-state index in [1.54, 1.807) is 0 Å². The molecule has 5 nitrogen and oxygen atoms in total. The average Bonchev–Trinajstić information content (AvgIpc) is 2.13. The highest BCUT2D eigenvalue weighted by Crippen LogP contribution is 1.95. The molecule has 5 heteroatoms. The Hall–Kier alpha value is -1.26. The summed E-state index contributed by atoms with van der Waals surface area (Å²) in [6.45, 7) is 0.408. The highest BCUT2D eigenvalue weighted by atomic mass is 16.4. The van der Waals surface area contributed by atoms with Crippen LogP contribution in [0, 0.1) is 0 Å². The van der Waals surface area contributed by atoms with Crippen molar-refractivity contribution in [3.8, 4) is 0 Å². The van der Waals surface area contributed by atoms with Crippen molar-refractivity contribution in [1.29, 1.82) is 0 Å². The summed E-state index contributed by atoms with van der Waals surface area (Å²) in [5.74, 6) is -0.894. The summed E-state index contributed by atoms with van der Waals surface area (Å²) >= 11 is 0. The number of nitrogens with one attached hydrogen (secondary N) is 2. The lowest BCUT2D eigenvalue weighted by atomic mass is 10.2. The lowest BCUT2D eigenvalue weighted by molar-refractivity contribution is -0.137. The molecular formula is C5H8N2O3. The van der Waals surface area contributed by atoms with Crippen LogP contribution in [-0.4, -0.2) is 29.7 Å². The van der Waals surface area contributed by atoms with Crippen molar-refractivity contribution in [3.05, 3.63) is 0 Å². The first-order valence-corrected chi connectivity index (χ1v) is 2.94. The zero-order valence-electron chi connectivity index (χ0n) is 5.26. The van der Waals surface area contributed by atoms with Crippen LogP contribution >= 0.6 is 0 Å². The van der Waals surface area contributed by atoms with E-state index < -0.39 is 5.97 Å². The van der Waals surface area contributed by atoms with Gasteiger partial charge in [0.15, 0.2) is 0 Å². The quantitative estimate of drug-likeness (QED) is 0.472. The molecule has 0 unspecified atom stereocenters. The van der Waals surface area contributed by atoms with Gasteiger partial charge in [-0.05, 0) is 0 Å². The van der Waals surface area contributed by atoms with Crippen molar-refractivity contribution in [3.63, 3.8) is 0 Å². The molecule has 0 radical (unpaired) electrons. The van der Waals surface area contributed by atoms with E-state index in [2.05, 4.69) is 10.6 Å². The Balaban J connectivity index is 2.31. The molecule has 0 saturated carbocycles. The molecule has 0 aromatic carbocycles. The van der Waals surface area contributed by atoms with E-state index >= 15 is 0 Å². The molecule has 1 aliphatic rings. The van der Waals surface area contributed by atoms with E-state index in [9.17, 15) is 9.59 Å². The highest BCUT2D eigenvalue weighted by molar-refractivity contribution is 5.78. The molecule has 0 aliphatic carbocycles. The minimum atomic E-state index is -0.894. The van der Waals surface area contributed by atoms with Crippen LogP contribution in [0.5, 0.6) is 0 Å². The van der Waals surface area contributed by atoms with Crippen LogP contribution in [-0.2, 0) is 4.79 Å².